The molecule has 162 valence electrons. The molecular formula is C24H32FN3O2. The van der Waals surface area contributed by atoms with E-state index in [1.807, 2.05) is 40.7 Å². The Hall–Kier alpha value is -2.47. The summed E-state index contributed by atoms with van der Waals surface area (Å²) in [5.74, 6) is 0.662. The van der Waals surface area contributed by atoms with Gasteiger partial charge in [0.15, 0.2) is 0 Å². The Morgan fingerprint density at radius 1 is 1.23 bits per heavy atom. The van der Waals surface area contributed by atoms with Crippen LogP contribution in [0.15, 0.2) is 30.3 Å². The minimum absolute atomic E-state index is 0.00793. The van der Waals surface area contributed by atoms with Gasteiger partial charge in [-0.2, -0.15) is 0 Å². The van der Waals surface area contributed by atoms with Crippen LogP contribution in [0.3, 0.4) is 0 Å². The number of rotatable bonds is 4. The number of ether oxygens (including phenoxy) is 1. The van der Waals surface area contributed by atoms with E-state index in [4.69, 9.17) is 9.72 Å². The average Bonchev–Trinajstić information content (AvgIpc) is 2.90. The lowest BCUT2D eigenvalue weighted by Gasteiger charge is -2.24. The summed E-state index contributed by atoms with van der Waals surface area (Å²) in [5, 5.41) is 3.04. The minimum atomic E-state index is -0.237. The SMILES string of the molecule is Cc1cc(N2CCOC(c3ccc(F)cc3)CC2)nc(C)c1NC(=O)CC(C)(C)C. The van der Waals surface area contributed by atoms with Crippen molar-refractivity contribution in [1.29, 1.82) is 0 Å². The Bertz CT molecular complexity index is 867. The Morgan fingerprint density at radius 2 is 1.93 bits per heavy atom. The Morgan fingerprint density at radius 3 is 2.57 bits per heavy atom. The predicted octanol–water partition coefficient (Wildman–Crippen LogP) is 5.18. The highest BCUT2D eigenvalue weighted by Crippen LogP contribution is 2.29. The number of nitrogens with zero attached hydrogens (tertiary/aromatic N) is 2. The molecule has 6 heteroatoms. The van der Waals surface area contributed by atoms with Crippen LogP contribution in [0.25, 0.3) is 0 Å². The van der Waals surface area contributed by atoms with Gasteiger partial charge in [-0.1, -0.05) is 32.9 Å². The van der Waals surface area contributed by atoms with Gasteiger partial charge in [0.25, 0.3) is 0 Å². The number of halogens is 1. The third-order valence-corrected chi connectivity index (χ3v) is 5.25. The van der Waals surface area contributed by atoms with Gasteiger partial charge in [0, 0.05) is 19.5 Å². The maximum Gasteiger partial charge on any atom is 0.224 e. The molecular weight excluding hydrogens is 381 g/mol. The van der Waals surface area contributed by atoms with Gasteiger partial charge < -0.3 is 15.0 Å². The smallest absolute Gasteiger partial charge is 0.224 e. The maximum absolute atomic E-state index is 13.2. The van der Waals surface area contributed by atoms with Crippen LogP contribution < -0.4 is 10.2 Å². The number of nitrogens with one attached hydrogen (secondary N) is 1. The number of aryl methyl sites for hydroxylation is 2. The summed E-state index contributed by atoms with van der Waals surface area (Å²) in [7, 11) is 0. The monoisotopic (exact) mass is 413 g/mol. The zero-order valence-corrected chi connectivity index (χ0v) is 18.6. The summed E-state index contributed by atoms with van der Waals surface area (Å²) in [4.78, 5) is 19.3. The highest BCUT2D eigenvalue weighted by atomic mass is 19.1. The largest absolute Gasteiger partial charge is 0.372 e. The van der Waals surface area contributed by atoms with Crippen molar-refractivity contribution in [2.75, 3.05) is 29.9 Å². The van der Waals surface area contributed by atoms with Gasteiger partial charge in [-0.25, -0.2) is 9.37 Å². The number of anilines is 2. The number of hydrogen-bond donors (Lipinski definition) is 1. The average molecular weight is 414 g/mol. The van der Waals surface area contributed by atoms with Crippen molar-refractivity contribution in [3.8, 4) is 0 Å². The fourth-order valence-electron chi connectivity index (χ4n) is 3.77. The van der Waals surface area contributed by atoms with Gasteiger partial charge >= 0.3 is 0 Å². The lowest BCUT2D eigenvalue weighted by Crippen LogP contribution is -2.27. The molecule has 1 amide bonds. The molecule has 2 aromatic rings. The predicted molar refractivity (Wildman–Crippen MR) is 118 cm³/mol. The first-order chi connectivity index (χ1) is 14.1. The number of carbonyl (C=O) groups is 1. The molecule has 2 heterocycles. The van der Waals surface area contributed by atoms with Gasteiger partial charge in [0.05, 0.1) is 24.1 Å². The molecule has 1 aromatic heterocycles. The van der Waals surface area contributed by atoms with Crippen molar-refractivity contribution in [3.05, 3.63) is 53.0 Å². The van der Waals surface area contributed by atoms with E-state index in [-0.39, 0.29) is 23.2 Å². The van der Waals surface area contributed by atoms with E-state index >= 15 is 0 Å². The van der Waals surface area contributed by atoms with E-state index in [1.54, 1.807) is 12.1 Å². The molecule has 1 atom stereocenters. The second kappa shape index (κ2) is 9.13. The van der Waals surface area contributed by atoms with Gasteiger partial charge in [-0.3, -0.25) is 4.79 Å². The van der Waals surface area contributed by atoms with Crippen LogP contribution in [-0.4, -0.2) is 30.6 Å². The van der Waals surface area contributed by atoms with E-state index in [0.717, 1.165) is 47.8 Å². The number of hydrogen-bond acceptors (Lipinski definition) is 4. The number of benzene rings is 1. The van der Waals surface area contributed by atoms with Gasteiger partial charge in [0.1, 0.15) is 11.6 Å². The van der Waals surface area contributed by atoms with Crippen LogP contribution in [0.5, 0.6) is 0 Å². The molecule has 0 bridgehead atoms. The van der Waals surface area contributed by atoms with E-state index in [0.29, 0.717) is 13.0 Å². The van der Waals surface area contributed by atoms with Gasteiger partial charge in [-0.15, -0.1) is 0 Å². The standard InChI is InChI=1S/C24H32FN3O2/c1-16-14-21(26-17(2)23(16)27-22(29)15-24(3,4)5)28-11-10-20(30-13-12-28)18-6-8-19(25)9-7-18/h6-9,14,20H,10-13,15H2,1-5H3,(H,27,29). The fourth-order valence-corrected chi connectivity index (χ4v) is 3.77. The highest BCUT2D eigenvalue weighted by molar-refractivity contribution is 5.92. The first-order valence-corrected chi connectivity index (χ1v) is 10.5. The van der Waals surface area contributed by atoms with E-state index in [9.17, 15) is 9.18 Å². The summed E-state index contributed by atoms with van der Waals surface area (Å²) in [6.45, 7) is 12.2. The summed E-state index contributed by atoms with van der Waals surface area (Å²) in [5.41, 5.74) is 3.54. The first kappa shape index (κ1) is 22.2. The zero-order valence-electron chi connectivity index (χ0n) is 18.6. The number of carbonyl (C=O) groups excluding carboxylic acids is 1. The van der Waals surface area contributed by atoms with Crippen LogP contribution in [0.1, 0.15) is 56.5 Å². The second-order valence-corrected chi connectivity index (χ2v) is 9.23. The Balaban J connectivity index is 1.70. The fraction of sp³-hybridized carbons (Fsp3) is 0.500. The maximum atomic E-state index is 13.2. The molecule has 30 heavy (non-hydrogen) atoms. The summed E-state index contributed by atoms with van der Waals surface area (Å²) in [6, 6.07) is 8.55. The van der Waals surface area contributed by atoms with E-state index in [1.165, 1.54) is 12.1 Å². The van der Waals surface area contributed by atoms with E-state index in [2.05, 4.69) is 10.2 Å². The van der Waals surface area contributed by atoms with Gasteiger partial charge in [-0.05, 0) is 55.0 Å². The molecule has 3 rings (SSSR count). The molecule has 1 aliphatic rings. The molecule has 0 radical (unpaired) electrons. The van der Waals surface area contributed by atoms with Crippen molar-refractivity contribution in [3.63, 3.8) is 0 Å². The third kappa shape index (κ3) is 5.79. The number of pyridine rings is 1. The van der Waals surface area contributed by atoms with Crippen molar-refractivity contribution in [2.45, 2.75) is 53.6 Å². The van der Waals surface area contributed by atoms with Crippen molar-refractivity contribution in [1.82, 2.24) is 4.98 Å². The minimum Gasteiger partial charge on any atom is -0.372 e. The molecule has 1 unspecified atom stereocenters. The third-order valence-electron chi connectivity index (χ3n) is 5.25. The Kier molecular flexibility index (Phi) is 6.76. The summed E-state index contributed by atoms with van der Waals surface area (Å²) >= 11 is 0. The molecule has 5 nitrogen and oxygen atoms in total. The first-order valence-electron chi connectivity index (χ1n) is 10.5. The normalized spacial score (nSPS) is 17.5. The van der Waals surface area contributed by atoms with Crippen LogP contribution in [0.2, 0.25) is 0 Å². The quantitative estimate of drug-likeness (QED) is 0.750. The lowest BCUT2D eigenvalue weighted by atomic mass is 9.92. The van der Waals surface area contributed by atoms with Crippen LogP contribution >= 0.6 is 0 Å². The molecule has 1 N–H and O–H groups in total. The molecule has 0 aliphatic carbocycles. The van der Waals surface area contributed by atoms with E-state index < -0.39 is 0 Å². The highest BCUT2D eigenvalue weighted by Gasteiger charge is 2.22. The second-order valence-electron chi connectivity index (χ2n) is 9.23. The van der Waals surface area contributed by atoms with Crippen LogP contribution in [-0.2, 0) is 9.53 Å². The Labute approximate surface area is 178 Å². The summed E-state index contributed by atoms with van der Waals surface area (Å²) in [6.07, 6.45) is 1.21. The summed E-state index contributed by atoms with van der Waals surface area (Å²) < 4.78 is 19.2. The lowest BCUT2D eigenvalue weighted by molar-refractivity contribution is -0.117. The topological polar surface area (TPSA) is 54.5 Å². The molecule has 0 spiro atoms. The zero-order chi connectivity index (χ0) is 21.9. The molecule has 0 saturated carbocycles. The molecule has 1 fully saturated rings. The molecule has 1 aliphatic heterocycles. The van der Waals surface area contributed by atoms with Crippen LogP contribution in [0.4, 0.5) is 15.9 Å². The molecule has 1 saturated heterocycles. The van der Waals surface area contributed by atoms with Crippen molar-refractivity contribution in [2.24, 2.45) is 5.41 Å². The number of amides is 1. The molecule has 1 aromatic carbocycles. The van der Waals surface area contributed by atoms with Gasteiger partial charge in [0.2, 0.25) is 5.91 Å². The number of aromatic nitrogens is 1. The van der Waals surface area contributed by atoms with Crippen molar-refractivity contribution < 1.29 is 13.9 Å². The van der Waals surface area contributed by atoms with Crippen LogP contribution in [0, 0.1) is 25.1 Å². The van der Waals surface area contributed by atoms with Crippen molar-refractivity contribution >= 4 is 17.4 Å².